The van der Waals surface area contributed by atoms with E-state index in [9.17, 15) is 8.76 Å². The third-order valence-electron chi connectivity index (χ3n) is 3.66. The third-order valence-corrected chi connectivity index (χ3v) is 11.9. The van der Waals surface area contributed by atoms with Crippen LogP contribution in [0.5, 0.6) is 0 Å². The van der Waals surface area contributed by atoms with Gasteiger partial charge in [-0.1, -0.05) is 60.7 Å². The highest BCUT2D eigenvalue weighted by molar-refractivity contribution is 7.51. The molecule has 0 unspecified atom stereocenters. The van der Waals surface area contributed by atoms with Gasteiger partial charge in [0.05, 0.1) is 0 Å². The van der Waals surface area contributed by atoms with Crippen molar-refractivity contribution >= 4 is 24.5 Å². The van der Waals surface area contributed by atoms with Crippen LogP contribution < -0.4 is 0 Å². The fourth-order valence-electron chi connectivity index (χ4n) is 2.85. The topological polar surface area (TPSA) is 35.5 Å². The van der Waals surface area contributed by atoms with Gasteiger partial charge in [0.25, 0.3) is 0 Å². The summed E-state index contributed by atoms with van der Waals surface area (Å²) in [5.74, 6) is 0. The standard InChI is InChI=1S/C18H26FO3PSi2/c1-24(2,15-17-11-7-5-8-12-17)21-23(19,20)22-25(3,4)16-18-13-9-6-10-14-18/h5-14H,15-16H2,1-4H3. The lowest BCUT2D eigenvalue weighted by molar-refractivity contribution is 0.330. The van der Waals surface area contributed by atoms with Gasteiger partial charge in [0, 0.05) is 0 Å². The van der Waals surface area contributed by atoms with Crippen molar-refractivity contribution < 1.29 is 17.2 Å². The van der Waals surface area contributed by atoms with Crippen LogP contribution >= 0.6 is 7.91 Å². The van der Waals surface area contributed by atoms with Crippen molar-refractivity contribution in [3.63, 3.8) is 0 Å². The zero-order valence-electron chi connectivity index (χ0n) is 15.2. The predicted octanol–water partition coefficient (Wildman–Crippen LogP) is 6.07. The molecule has 0 saturated carbocycles. The van der Waals surface area contributed by atoms with E-state index in [1.165, 1.54) is 0 Å². The van der Waals surface area contributed by atoms with Crippen molar-refractivity contribution in [3.8, 4) is 0 Å². The lowest BCUT2D eigenvalue weighted by atomic mass is 10.2. The van der Waals surface area contributed by atoms with Gasteiger partial charge in [-0.05, 0) is 49.4 Å². The Bertz CT molecular complexity index is 664. The second-order valence-corrected chi connectivity index (χ2v) is 17.5. The van der Waals surface area contributed by atoms with Crippen LogP contribution in [0.25, 0.3) is 0 Å². The Morgan fingerprint density at radius 1 is 0.760 bits per heavy atom. The Balaban J connectivity index is 2.01. The van der Waals surface area contributed by atoms with E-state index >= 15 is 0 Å². The average Bonchev–Trinajstić information content (AvgIpc) is 2.45. The zero-order chi connectivity index (χ0) is 18.6. The van der Waals surface area contributed by atoms with E-state index in [1.54, 1.807) is 0 Å². The fraction of sp³-hybridized carbons (Fsp3) is 0.333. The van der Waals surface area contributed by atoms with Crippen LogP contribution in [-0.4, -0.2) is 16.6 Å². The summed E-state index contributed by atoms with van der Waals surface area (Å²) >= 11 is 0. The molecule has 2 rings (SSSR count). The van der Waals surface area contributed by atoms with Crippen molar-refractivity contribution in [1.29, 1.82) is 0 Å². The quantitative estimate of drug-likeness (QED) is 0.401. The summed E-state index contributed by atoms with van der Waals surface area (Å²) in [5.41, 5.74) is 2.11. The van der Waals surface area contributed by atoms with Gasteiger partial charge < -0.3 is 8.43 Å². The summed E-state index contributed by atoms with van der Waals surface area (Å²) in [6.45, 7) is 7.45. The van der Waals surface area contributed by atoms with Gasteiger partial charge in [-0.15, -0.1) is 4.20 Å². The summed E-state index contributed by atoms with van der Waals surface area (Å²) in [4.78, 5) is 0. The first-order valence-electron chi connectivity index (χ1n) is 8.36. The third kappa shape index (κ3) is 7.38. The first-order chi connectivity index (χ1) is 11.6. The van der Waals surface area contributed by atoms with Gasteiger partial charge in [-0.2, -0.15) is 0 Å². The molecule has 7 heteroatoms. The Kier molecular flexibility index (Phi) is 6.57. The molecule has 0 bridgehead atoms. The van der Waals surface area contributed by atoms with Gasteiger partial charge in [0.1, 0.15) is 0 Å². The molecule has 3 nitrogen and oxygen atoms in total. The van der Waals surface area contributed by atoms with E-state index in [1.807, 2.05) is 86.9 Å². The highest BCUT2D eigenvalue weighted by Crippen LogP contribution is 2.55. The minimum Gasteiger partial charge on any atom is -0.327 e. The highest BCUT2D eigenvalue weighted by atomic mass is 31.2. The van der Waals surface area contributed by atoms with Crippen molar-refractivity contribution in [1.82, 2.24) is 0 Å². The number of benzene rings is 2. The Labute approximate surface area is 152 Å². The minimum absolute atomic E-state index is 0.589. The highest BCUT2D eigenvalue weighted by Gasteiger charge is 2.41. The van der Waals surface area contributed by atoms with E-state index in [-0.39, 0.29) is 0 Å². The number of rotatable bonds is 8. The minimum atomic E-state index is -4.59. The lowest BCUT2D eigenvalue weighted by Gasteiger charge is -2.29. The maximum atomic E-state index is 14.7. The fourth-order valence-corrected chi connectivity index (χ4v) is 11.0. The number of halogens is 1. The first kappa shape index (κ1) is 20.3. The summed E-state index contributed by atoms with van der Waals surface area (Å²) in [5, 5.41) is 0. The van der Waals surface area contributed by atoms with Crippen molar-refractivity contribution in [2.45, 2.75) is 38.3 Å². The number of hydrogen-bond donors (Lipinski definition) is 0. The van der Waals surface area contributed by atoms with E-state index in [2.05, 4.69) is 0 Å². The van der Waals surface area contributed by atoms with Crippen LogP contribution in [0.15, 0.2) is 60.7 Å². The van der Waals surface area contributed by atoms with Crippen LogP contribution in [0, 0.1) is 0 Å². The summed E-state index contributed by atoms with van der Waals surface area (Å²) in [7, 11) is -9.61. The molecule has 0 aromatic heterocycles. The second kappa shape index (κ2) is 8.10. The monoisotopic (exact) mass is 396 g/mol. The predicted molar refractivity (Wildman–Crippen MR) is 106 cm³/mol. The van der Waals surface area contributed by atoms with Crippen molar-refractivity contribution in [3.05, 3.63) is 71.8 Å². The summed E-state index contributed by atoms with van der Waals surface area (Å²) in [6, 6.07) is 20.6. The zero-order valence-corrected chi connectivity index (χ0v) is 18.1. The molecule has 0 aliphatic carbocycles. The van der Waals surface area contributed by atoms with Gasteiger partial charge in [-0.25, -0.2) is 4.57 Å². The van der Waals surface area contributed by atoms with Crippen LogP contribution in [-0.2, 0) is 25.1 Å². The largest absolute Gasteiger partial charge is 0.493 e. The van der Waals surface area contributed by atoms with E-state index in [0.29, 0.717) is 12.1 Å². The Morgan fingerprint density at radius 2 is 1.08 bits per heavy atom. The van der Waals surface area contributed by atoms with Crippen LogP contribution in [0.3, 0.4) is 0 Å². The summed E-state index contributed by atoms with van der Waals surface area (Å²) < 4.78 is 37.9. The molecule has 0 heterocycles. The first-order valence-corrected chi connectivity index (χ1v) is 16.0. The smallest absolute Gasteiger partial charge is 0.327 e. The Hall–Kier alpha value is -1.05. The molecule has 2 aromatic rings. The molecule has 136 valence electrons. The normalized spacial score (nSPS) is 13.0. The van der Waals surface area contributed by atoms with E-state index < -0.39 is 24.5 Å². The average molecular weight is 397 g/mol. The van der Waals surface area contributed by atoms with E-state index in [4.69, 9.17) is 8.43 Å². The van der Waals surface area contributed by atoms with Gasteiger partial charge in [-0.3, -0.25) is 0 Å². The molecule has 0 spiro atoms. The maximum Gasteiger partial charge on any atom is 0.493 e. The SMILES string of the molecule is C[Si](C)(Cc1ccccc1)OP(=O)(F)O[Si](C)(C)Cc1ccccc1. The van der Waals surface area contributed by atoms with Crippen molar-refractivity contribution in [2.24, 2.45) is 0 Å². The van der Waals surface area contributed by atoms with Gasteiger partial charge >= 0.3 is 7.91 Å². The van der Waals surface area contributed by atoms with Crippen LogP contribution in [0.1, 0.15) is 11.1 Å². The lowest BCUT2D eigenvalue weighted by Crippen LogP contribution is -2.36. The second-order valence-electron chi connectivity index (χ2n) is 7.46. The molecule has 0 aliphatic rings. The molecule has 25 heavy (non-hydrogen) atoms. The maximum absolute atomic E-state index is 14.7. The molecule has 0 aliphatic heterocycles. The molecule has 0 fully saturated rings. The molecule has 0 saturated heterocycles. The molecule has 0 radical (unpaired) electrons. The molecule has 2 aromatic carbocycles. The molecular formula is C18H26FO3PSi2. The molecule has 0 N–H and O–H groups in total. The molecule has 0 atom stereocenters. The van der Waals surface area contributed by atoms with E-state index in [0.717, 1.165) is 11.1 Å². The summed E-state index contributed by atoms with van der Waals surface area (Å²) in [6.07, 6.45) is 0. The molecule has 0 amide bonds. The van der Waals surface area contributed by atoms with Gasteiger partial charge in [0.2, 0.25) is 16.6 Å². The van der Waals surface area contributed by atoms with Crippen LogP contribution in [0.4, 0.5) is 4.20 Å². The van der Waals surface area contributed by atoms with Crippen LogP contribution in [0.2, 0.25) is 26.2 Å². The Morgan fingerprint density at radius 3 is 1.40 bits per heavy atom. The van der Waals surface area contributed by atoms with Crippen molar-refractivity contribution in [2.75, 3.05) is 0 Å². The number of hydrogen-bond acceptors (Lipinski definition) is 3. The van der Waals surface area contributed by atoms with Gasteiger partial charge in [0.15, 0.2) is 0 Å². The molecular weight excluding hydrogens is 370 g/mol.